The van der Waals surface area contributed by atoms with Gasteiger partial charge in [0.25, 0.3) is 5.89 Å². The zero-order chi connectivity index (χ0) is 17.1. The zero-order valence-electron chi connectivity index (χ0n) is 13.7. The van der Waals surface area contributed by atoms with Crippen molar-refractivity contribution in [2.45, 2.75) is 12.1 Å². The van der Waals surface area contributed by atoms with Gasteiger partial charge in [0.1, 0.15) is 5.60 Å². The summed E-state index contributed by atoms with van der Waals surface area (Å²) in [7, 11) is 0. The third-order valence-corrected chi connectivity index (χ3v) is 4.07. The number of β-amino-alcohol motifs (C(OH)–C–C–N with tert-alkyl or cyclic N) is 1. The number of ether oxygens (including phenoxy) is 3. The topological polar surface area (TPSA) is 111 Å². The van der Waals surface area contributed by atoms with Gasteiger partial charge in [0.2, 0.25) is 6.79 Å². The Bertz CT molecular complexity index is 727. The van der Waals surface area contributed by atoms with Gasteiger partial charge in [-0.2, -0.15) is 4.98 Å². The number of rotatable bonds is 5. The Balaban J connectivity index is 1.35. The summed E-state index contributed by atoms with van der Waals surface area (Å²) in [4.78, 5) is 4.36. The molecule has 2 aliphatic rings. The molecule has 1 fully saturated rings. The van der Waals surface area contributed by atoms with Crippen LogP contribution < -0.4 is 20.1 Å². The molecule has 0 spiro atoms. The van der Waals surface area contributed by atoms with Crippen LogP contribution in [0.2, 0.25) is 0 Å². The Morgan fingerprint density at radius 1 is 1.28 bits per heavy atom. The van der Waals surface area contributed by atoms with Gasteiger partial charge in [-0.25, -0.2) is 0 Å². The average Bonchev–Trinajstić information content (AvgIpc) is 3.21. The summed E-state index contributed by atoms with van der Waals surface area (Å²) in [5.74, 6) is 2.29. The minimum absolute atomic E-state index is 0.221. The van der Waals surface area contributed by atoms with Crippen molar-refractivity contribution >= 4 is 0 Å². The van der Waals surface area contributed by atoms with Crippen LogP contribution in [0, 0.1) is 0 Å². The van der Waals surface area contributed by atoms with E-state index >= 15 is 0 Å². The molecule has 0 radical (unpaired) electrons. The Hall–Kier alpha value is -2.20. The smallest absolute Gasteiger partial charge is 0.258 e. The number of fused-ring (bicyclic) bond motifs is 1. The van der Waals surface area contributed by atoms with Crippen LogP contribution >= 0.6 is 0 Å². The summed E-state index contributed by atoms with van der Waals surface area (Å²) in [6, 6.07) is 5.47. The van der Waals surface area contributed by atoms with Gasteiger partial charge in [-0.3, -0.25) is 0 Å². The summed E-state index contributed by atoms with van der Waals surface area (Å²) in [5.41, 5.74) is -0.177. The van der Waals surface area contributed by atoms with Gasteiger partial charge in [-0.1, -0.05) is 5.16 Å². The van der Waals surface area contributed by atoms with E-state index in [1.54, 1.807) is 0 Å². The van der Waals surface area contributed by atoms with Gasteiger partial charge in [0.15, 0.2) is 17.3 Å². The molecule has 9 heteroatoms. The van der Waals surface area contributed by atoms with Crippen LogP contribution in [0.1, 0.15) is 5.82 Å². The Labute approximate surface area is 144 Å². The molecule has 0 aliphatic carbocycles. The molecule has 25 heavy (non-hydrogen) atoms. The van der Waals surface area contributed by atoms with Crippen molar-refractivity contribution in [2.24, 2.45) is 0 Å². The Morgan fingerprint density at radius 3 is 3.16 bits per heavy atom. The first kappa shape index (κ1) is 16.3. The van der Waals surface area contributed by atoms with Crippen LogP contribution in [0.25, 0.3) is 11.5 Å². The summed E-state index contributed by atoms with van der Waals surface area (Å²) in [5, 5.41) is 20.7. The SMILES string of the molecule is OC1(CNCc2noc(-c3ccc4c(c3)OCO4)n2)CNCCOC1. The van der Waals surface area contributed by atoms with E-state index in [9.17, 15) is 5.11 Å². The normalized spacial score (nSPS) is 22.8. The largest absolute Gasteiger partial charge is 0.454 e. The number of aliphatic hydroxyl groups is 1. The minimum atomic E-state index is -0.944. The van der Waals surface area contributed by atoms with Crippen molar-refractivity contribution in [3.63, 3.8) is 0 Å². The van der Waals surface area contributed by atoms with E-state index in [-0.39, 0.29) is 6.79 Å². The lowest BCUT2D eigenvalue weighted by Gasteiger charge is -2.25. The Morgan fingerprint density at radius 2 is 2.20 bits per heavy atom. The van der Waals surface area contributed by atoms with Gasteiger partial charge in [-0.05, 0) is 18.2 Å². The monoisotopic (exact) mass is 348 g/mol. The van der Waals surface area contributed by atoms with Crippen LogP contribution in [0.5, 0.6) is 11.5 Å². The molecule has 9 nitrogen and oxygen atoms in total. The fourth-order valence-corrected chi connectivity index (χ4v) is 2.77. The van der Waals surface area contributed by atoms with Crippen LogP contribution in [-0.4, -0.2) is 60.5 Å². The molecule has 4 rings (SSSR count). The average molecular weight is 348 g/mol. The van der Waals surface area contributed by atoms with E-state index in [0.29, 0.717) is 56.1 Å². The van der Waals surface area contributed by atoms with Crippen LogP contribution in [-0.2, 0) is 11.3 Å². The number of benzene rings is 1. The molecule has 0 amide bonds. The predicted octanol–water partition coefficient (Wildman–Crippen LogP) is -0.0942. The van der Waals surface area contributed by atoms with E-state index in [4.69, 9.17) is 18.7 Å². The number of nitrogens with zero attached hydrogens (tertiary/aromatic N) is 2. The summed E-state index contributed by atoms with van der Waals surface area (Å²) in [6.07, 6.45) is 0. The van der Waals surface area contributed by atoms with Crippen molar-refractivity contribution < 1.29 is 23.8 Å². The van der Waals surface area contributed by atoms with E-state index in [1.165, 1.54) is 0 Å². The van der Waals surface area contributed by atoms with Gasteiger partial charge >= 0.3 is 0 Å². The molecule has 3 N–H and O–H groups in total. The molecule has 1 unspecified atom stereocenters. The van der Waals surface area contributed by atoms with Crippen molar-refractivity contribution in [3.8, 4) is 23.0 Å². The number of nitrogens with one attached hydrogen (secondary N) is 2. The fraction of sp³-hybridized carbons (Fsp3) is 0.500. The highest BCUT2D eigenvalue weighted by Gasteiger charge is 2.28. The Kier molecular flexibility index (Phi) is 4.53. The maximum absolute atomic E-state index is 10.5. The van der Waals surface area contributed by atoms with Gasteiger partial charge in [-0.15, -0.1) is 0 Å². The number of hydrogen-bond donors (Lipinski definition) is 3. The molecule has 0 bridgehead atoms. The van der Waals surface area contributed by atoms with Crippen LogP contribution in [0.4, 0.5) is 0 Å². The first-order valence-electron chi connectivity index (χ1n) is 8.16. The van der Waals surface area contributed by atoms with Crippen molar-refractivity contribution in [3.05, 3.63) is 24.0 Å². The minimum Gasteiger partial charge on any atom is -0.454 e. The van der Waals surface area contributed by atoms with E-state index in [1.807, 2.05) is 18.2 Å². The second-order valence-corrected chi connectivity index (χ2v) is 6.14. The zero-order valence-corrected chi connectivity index (χ0v) is 13.7. The highest BCUT2D eigenvalue weighted by Crippen LogP contribution is 2.35. The van der Waals surface area contributed by atoms with Gasteiger partial charge < -0.3 is 34.5 Å². The molecule has 2 aromatic rings. The second kappa shape index (κ2) is 6.96. The molecular weight excluding hydrogens is 328 g/mol. The van der Waals surface area contributed by atoms with Crippen molar-refractivity contribution in [2.75, 3.05) is 39.6 Å². The van der Waals surface area contributed by atoms with Crippen LogP contribution in [0.3, 0.4) is 0 Å². The van der Waals surface area contributed by atoms with E-state index in [0.717, 1.165) is 12.1 Å². The first-order valence-corrected chi connectivity index (χ1v) is 8.16. The third-order valence-electron chi connectivity index (χ3n) is 4.07. The van der Waals surface area contributed by atoms with Gasteiger partial charge in [0.05, 0.1) is 19.8 Å². The standard InChI is InChI=1S/C16H20N4O5/c21-16(7-17-3-4-22-9-16)8-18-6-14-19-15(25-20-14)11-1-2-12-13(5-11)24-10-23-12/h1-2,5,17-18,21H,3-4,6-10H2. The lowest BCUT2D eigenvalue weighted by atomic mass is 10.1. The maximum Gasteiger partial charge on any atom is 0.258 e. The van der Waals surface area contributed by atoms with E-state index in [2.05, 4.69) is 20.8 Å². The second-order valence-electron chi connectivity index (χ2n) is 6.14. The molecule has 1 saturated heterocycles. The molecule has 1 aromatic heterocycles. The first-order chi connectivity index (χ1) is 12.2. The van der Waals surface area contributed by atoms with Gasteiger partial charge in [0, 0.05) is 25.2 Å². The summed E-state index contributed by atoms with van der Waals surface area (Å²) >= 11 is 0. The lowest BCUT2D eigenvalue weighted by Crippen LogP contribution is -2.50. The lowest BCUT2D eigenvalue weighted by molar-refractivity contribution is -0.0265. The number of aromatic nitrogens is 2. The summed E-state index contributed by atoms with van der Waals surface area (Å²) < 4.78 is 21.3. The van der Waals surface area contributed by atoms with Crippen molar-refractivity contribution in [1.29, 1.82) is 0 Å². The highest BCUT2D eigenvalue weighted by molar-refractivity contribution is 5.60. The highest BCUT2D eigenvalue weighted by atomic mass is 16.7. The van der Waals surface area contributed by atoms with E-state index < -0.39 is 5.60 Å². The third kappa shape index (κ3) is 3.74. The molecule has 3 heterocycles. The quantitative estimate of drug-likeness (QED) is 0.682. The molecule has 1 atom stereocenters. The molecule has 134 valence electrons. The molecule has 1 aromatic carbocycles. The maximum atomic E-state index is 10.5. The molecule has 2 aliphatic heterocycles. The molecular formula is C16H20N4O5. The fourth-order valence-electron chi connectivity index (χ4n) is 2.77. The van der Waals surface area contributed by atoms with Crippen molar-refractivity contribution in [1.82, 2.24) is 20.8 Å². The number of hydrogen-bond acceptors (Lipinski definition) is 9. The summed E-state index contributed by atoms with van der Waals surface area (Å²) in [6.45, 7) is 3.10. The predicted molar refractivity (Wildman–Crippen MR) is 86.2 cm³/mol. The van der Waals surface area contributed by atoms with Crippen LogP contribution in [0.15, 0.2) is 22.7 Å². The molecule has 0 saturated carbocycles.